The highest BCUT2D eigenvalue weighted by molar-refractivity contribution is 5.75. The molecule has 17 heavy (non-hydrogen) atoms. The van der Waals surface area contributed by atoms with Gasteiger partial charge < -0.3 is 4.74 Å². The van der Waals surface area contributed by atoms with Crippen molar-refractivity contribution in [3.05, 3.63) is 47.2 Å². The summed E-state index contributed by atoms with van der Waals surface area (Å²) in [6.07, 6.45) is 1.75. The lowest BCUT2D eigenvalue weighted by Gasteiger charge is -2.13. The lowest BCUT2D eigenvalue weighted by Crippen LogP contribution is -1.95. The molecule has 2 rings (SSSR count). The van der Waals surface area contributed by atoms with Crippen molar-refractivity contribution in [2.75, 3.05) is 7.11 Å². The summed E-state index contributed by atoms with van der Waals surface area (Å²) in [4.78, 5) is 4.26. The number of aromatic nitrogens is 1. The largest absolute Gasteiger partial charge is 0.481 e. The molecule has 2 nitrogen and oxygen atoms in total. The number of nitrogens with zero attached hydrogens (tertiary/aromatic N) is 1. The molecular weight excluding hydrogens is 210 g/mol. The predicted octanol–water partition coefficient (Wildman–Crippen LogP) is 3.68. The topological polar surface area (TPSA) is 22.1 Å². The van der Waals surface area contributed by atoms with E-state index >= 15 is 0 Å². The van der Waals surface area contributed by atoms with Gasteiger partial charge in [-0.05, 0) is 49.6 Å². The van der Waals surface area contributed by atoms with E-state index in [-0.39, 0.29) is 0 Å². The molecule has 1 aromatic carbocycles. The number of benzene rings is 1. The molecule has 0 atom stereocenters. The van der Waals surface area contributed by atoms with Crippen molar-refractivity contribution in [1.82, 2.24) is 4.98 Å². The van der Waals surface area contributed by atoms with Crippen LogP contribution < -0.4 is 4.74 Å². The molecule has 0 N–H and O–H groups in total. The van der Waals surface area contributed by atoms with Gasteiger partial charge in [0.25, 0.3) is 0 Å². The minimum atomic E-state index is 0.683. The molecule has 0 aliphatic heterocycles. The Bertz CT molecular complexity index is 523. The van der Waals surface area contributed by atoms with Crippen LogP contribution in [0.2, 0.25) is 0 Å². The summed E-state index contributed by atoms with van der Waals surface area (Å²) < 4.78 is 5.33. The molecule has 1 heterocycles. The van der Waals surface area contributed by atoms with Crippen LogP contribution in [0.5, 0.6) is 5.88 Å². The molecule has 0 aliphatic carbocycles. The minimum Gasteiger partial charge on any atom is -0.481 e. The standard InChI is InChI=1S/C15H17NO/c1-10-8-11(2)14(12(3)9-10)13-6-5-7-16-15(13)17-4/h5-9H,1-4H3. The zero-order valence-electron chi connectivity index (χ0n) is 10.7. The third-order valence-electron chi connectivity index (χ3n) is 2.91. The first-order chi connectivity index (χ1) is 8.13. The van der Waals surface area contributed by atoms with Crippen molar-refractivity contribution in [3.63, 3.8) is 0 Å². The van der Waals surface area contributed by atoms with E-state index in [2.05, 4.69) is 44.0 Å². The van der Waals surface area contributed by atoms with E-state index in [0.29, 0.717) is 5.88 Å². The van der Waals surface area contributed by atoms with Crippen LogP contribution >= 0.6 is 0 Å². The quantitative estimate of drug-likeness (QED) is 0.780. The molecule has 0 amide bonds. The molecular formula is C15H17NO. The number of methoxy groups -OCH3 is 1. The van der Waals surface area contributed by atoms with E-state index in [9.17, 15) is 0 Å². The highest BCUT2D eigenvalue weighted by Gasteiger charge is 2.11. The number of ether oxygens (including phenoxy) is 1. The predicted molar refractivity (Wildman–Crippen MR) is 70.4 cm³/mol. The second-order valence-corrected chi connectivity index (χ2v) is 4.33. The van der Waals surface area contributed by atoms with Crippen LogP contribution in [0.25, 0.3) is 11.1 Å². The summed E-state index contributed by atoms with van der Waals surface area (Å²) in [5, 5.41) is 0. The molecule has 0 bridgehead atoms. The van der Waals surface area contributed by atoms with Gasteiger partial charge in [0.1, 0.15) is 0 Å². The SMILES string of the molecule is COc1ncccc1-c1c(C)cc(C)cc1C. The second-order valence-electron chi connectivity index (χ2n) is 4.33. The van der Waals surface area contributed by atoms with Gasteiger partial charge in [0.2, 0.25) is 5.88 Å². The van der Waals surface area contributed by atoms with Crippen LogP contribution in [-0.4, -0.2) is 12.1 Å². The third-order valence-corrected chi connectivity index (χ3v) is 2.91. The Balaban J connectivity index is 2.68. The number of hydrogen-bond donors (Lipinski definition) is 0. The molecule has 0 saturated carbocycles. The van der Waals surface area contributed by atoms with Crippen LogP contribution in [0.3, 0.4) is 0 Å². The number of aryl methyl sites for hydroxylation is 3. The zero-order chi connectivity index (χ0) is 12.4. The Morgan fingerprint density at radius 2 is 1.71 bits per heavy atom. The van der Waals surface area contributed by atoms with Crippen LogP contribution in [0.1, 0.15) is 16.7 Å². The number of pyridine rings is 1. The van der Waals surface area contributed by atoms with Crippen LogP contribution in [-0.2, 0) is 0 Å². The lowest BCUT2D eigenvalue weighted by atomic mass is 9.94. The maximum absolute atomic E-state index is 5.33. The summed E-state index contributed by atoms with van der Waals surface area (Å²) in [5.41, 5.74) is 6.08. The summed E-state index contributed by atoms with van der Waals surface area (Å²) in [5.74, 6) is 0.683. The molecule has 88 valence electrons. The third kappa shape index (κ3) is 2.16. The van der Waals surface area contributed by atoms with Crippen molar-refractivity contribution in [3.8, 4) is 17.0 Å². The molecule has 0 fully saturated rings. The van der Waals surface area contributed by atoms with Crippen molar-refractivity contribution < 1.29 is 4.74 Å². The lowest BCUT2D eigenvalue weighted by molar-refractivity contribution is 0.399. The Morgan fingerprint density at radius 1 is 1.06 bits per heavy atom. The van der Waals surface area contributed by atoms with Gasteiger partial charge in [-0.15, -0.1) is 0 Å². The number of rotatable bonds is 2. The first kappa shape index (κ1) is 11.6. The molecule has 0 saturated heterocycles. The van der Waals surface area contributed by atoms with Gasteiger partial charge in [-0.3, -0.25) is 0 Å². The Labute approximate surface area is 102 Å². The Hall–Kier alpha value is -1.83. The van der Waals surface area contributed by atoms with Gasteiger partial charge in [0.05, 0.1) is 7.11 Å². The van der Waals surface area contributed by atoms with Crippen LogP contribution in [0.4, 0.5) is 0 Å². The Morgan fingerprint density at radius 3 is 2.29 bits per heavy atom. The molecule has 2 aromatic rings. The first-order valence-corrected chi connectivity index (χ1v) is 5.70. The maximum atomic E-state index is 5.33. The smallest absolute Gasteiger partial charge is 0.221 e. The van der Waals surface area contributed by atoms with Gasteiger partial charge in [-0.1, -0.05) is 17.7 Å². The highest BCUT2D eigenvalue weighted by atomic mass is 16.5. The van der Waals surface area contributed by atoms with Gasteiger partial charge in [-0.2, -0.15) is 0 Å². The average molecular weight is 227 g/mol. The monoisotopic (exact) mass is 227 g/mol. The van der Waals surface area contributed by atoms with E-state index < -0.39 is 0 Å². The molecule has 0 unspecified atom stereocenters. The van der Waals surface area contributed by atoms with E-state index in [1.807, 2.05) is 6.07 Å². The fraction of sp³-hybridized carbons (Fsp3) is 0.267. The Kier molecular flexibility index (Phi) is 3.14. The highest BCUT2D eigenvalue weighted by Crippen LogP contribution is 2.33. The molecule has 2 heteroatoms. The van der Waals surface area contributed by atoms with Crippen molar-refractivity contribution in [2.24, 2.45) is 0 Å². The van der Waals surface area contributed by atoms with Crippen molar-refractivity contribution >= 4 is 0 Å². The minimum absolute atomic E-state index is 0.683. The van der Waals surface area contributed by atoms with Crippen molar-refractivity contribution in [1.29, 1.82) is 0 Å². The zero-order valence-corrected chi connectivity index (χ0v) is 10.7. The van der Waals surface area contributed by atoms with Gasteiger partial charge in [0.15, 0.2) is 0 Å². The second kappa shape index (κ2) is 4.58. The average Bonchev–Trinajstić information content (AvgIpc) is 2.28. The van der Waals surface area contributed by atoms with Gasteiger partial charge in [-0.25, -0.2) is 4.98 Å². The van der Waals surface area contributed by atoms with E-state index in [4.69, 9.17) is 4.74 Å². The van der Waals surface area contributed by atoms with Crippen LogP contribution in [0, 0.1) is 20.8 Å². The molecule has 1 aromatic heterocycles. The van der Waals surface area contributed by atoms with Gasteiger partial charge in [0, 0.05) is 11.8 Å². The number of hydrogen-bond acceptors (Lipinski definition) is 2. The molecule has 0 radical (unpaired) electrons. The fourth-order valence-corrected chi connectivity index (χ4v) is 2.35. The molecule has 0 aliphatic rings. The summed E-state index contributed by atoms with van der Waals surface area (Å²) in [6, 6.07) is 8.37. The summed E-state index contributed by atoms with van der Waals surface area (Å²) >= 11 is 0. The molecule has 0 spiro atoms. The van der Waals surface area contributed by atoms with E-state index in [1.54, 1.807) is 13.3 Å². The fourth-order valence-electron chi connectivity index (χ4n) is 2.35. The van der Waals surface area contributed by atoms with E-state index in [0.717, 1.165) is 5.56 Å². The van der Waals surface area contributed by atoms with E-state index in [1.165, 1.54) is 22.3 Å². The maximum Gasteiger partial charge on any atom is 0.221 e. The van der Waals surface area contributed by atoms with Crippen molar-refractivity contribution in [2.45, 2.75) is 20.8 Å². The van der Waals surface area contributed by atoms with Crippen LogP contribution in [0.15, 0.2) is 30.5 Å². The first-order valence-electron chi connectivity index (χ1n) is 5.70. The van der Waals surface area contributed by atoms with Gasteiger partial charge >= 0.3 is 0 Å². The summed E-state index contributed by atoms with van der Waals surface area (Å²) in [6.45, 7) is 6.37. The normalized spacial score (nSPS) is 10.4. The summed E-state index contributed by atoms with van der Waals surface area (Å²) in [7, 11) is 1.66.